The van der Waals surface area contributed by atoms with Crippen LogP contribution in [0.15, 0.2) is 12.3 Å². The first kappa shape index (κ1) is 9.92. The van der Waals surface area contributed by atoms with E-state index in [4.69, 9.17) is 5.73 Å². The lowest BCUT2D eigenvalue weighted by Gasteiger charge is -2.05. The summed E-state index contributed by atoms with van der Waals surface area (Å²) in [6.07, 6.45) is 1.68. The summed E-state index contributed by atoms with van der Waals surface area (Å²) in [6.45, 7) is 5.97. The van der Waals surface area contributed by atoms with E-state index >= 15 is 0 Å². The van der Waals surface area contributed by atoms with Crippen LogP contribution in [0.4, 0.5) is 5.82 Å². The fourth-order valence-corrected chi connectivity index (χ4v) is 0.973. The third-order valence-electron chi connectivity index (χ3n) is 1.56. The second-order valence-electron chi connectivity index (χ2n) is 3.42. The van der Waals surface area contributed by atoms with Gasteiger partial charge < -0.3 is 11.1 Å². The van der Waals surface area contributed by atoms with E-state index in [9.17, 15) is 0 Å². The van der Waals surface area contributed by atoms with Crippen LogP contribution in [0.1, 0.15) is 19.7 Å². The number of nitrogen functional groups attached to an aromatic ring is 1. The number of hydrogen-bond acceptors (Lipinski definition) is 4. The van der Waals surface area contributed by atoms with Crippen LogP contribution in [-0.4, -0.2) is 16.5 Å². The van der Waals surface area contributed by atoms with Crippen LogP contribution in [-0.2, 0) is 6.54 Å². The molecule has 0 aromatic carbocycles. The Morgan fingerprint density at radius 3 is 2.92 bits per heavy atom. The van der Waals surface area contributed by atoms with Gasteiger partial charge in [-0.25, -0.2) is 9.97 Å². The number of hydrogen-bond donors (Lipinski definition) is 2. The number of aromatic nitrogens is 2. The lowest BCUT2D eigenvalue weighted by atomic mass is 10.2. The van der Waals surface area contributed by atoms with Crippen molar-refractivity contribution in [3.05, 3.63) is 18.1 Å². The van der Waals surface area contributed by atoms with Crippen LogP contribution < -0.4 is 11.1 Å². The van der Waals surface area contributed by atoms with Gasteiger partial charge in [0.2, 0.25) is 0 Å². The molecule has 0 aliphatic heterocycles. The van der Waals surface area contributed by atoms with Gasteiger partial charge in [-0.05, 0) is 18.5 Å². The van der Waals surface area contributed by atoms with E-state index in [0.717, 1.165) is 12.4 Å². The van der Waals surface area contributed by atoms with E-state index in [2.05, 4.69) is 29.1 Å². The first-order valence-electron chi connectivity index (χ1n) is 4.46. The van der Waals surface area contributed by atoms with Crippen molar-refractivity contribution in [3.8, 4) is 0 Å². The highest BCUT2D eigenvalue weighted by molar-refractivity contribution is 5.24. The van der Waals surface area contributed by atoms with Gasteiger partial charge in [0.15, 0.2) is 0 Å². The monoisotopic (exact) mass is 180 g/mol. The van der Waals surface area contributed by atoms with E-state index in [0.29, 0.717) is 18.3 Å². The Morgan fingerprint density at radius 1 is 1.54 bits per heavy atom. The summed E-state index contributed by atoms with van der Waals surface area (Å²) in [5, 5.41) is 3.25. The van der Waals surface area contributed by atoms with Crippen molar-refractivity contribution in [2.45, 2.75) is 20.4 Å². The molecule has 4 heteroatoms. The molecule has 0 aliphatic rings. The molecule has 1 aromatic rings. The number of anilines is 1. The minimum Gasteiger partial charge on any atom is -0.384 e. The predicted molar refractivity (Wildman–Crippen MR) is 53.0 cm³/mol. The largest absolute Gasteiger partial charge is 0.384 e. The Morgan fingerprint density at radius 2 is 2.31 bits per heavy atom. The molecule has 1 heterocycles. The molecule has 0 bridgehead atoms. The summed E-state index contributed by atoms with van der Waals surface area (Å²) in [5.74, 6) is 1.91. The van der Waals surface area contributed by atoms with Crippen molar-refractivity contribution in [1.29, 1.82) is 0 Å². The first-order chi connectivity index (χ1) is 6.18. The molecule has 0 radical (unpaired) electrons. The average Bonchev–Trinajstić information content (AvgIpc) is 2.03. The van der Waals surface area contributed by atoms with Crippen molar-refractivity contribution in [1.82, 2.24) is 15.3 Å². The molecule has 3 N–H and O–H groups in total. The number of nitrogens with zero attached hydrogens (tertiary/aromatic N) is 2. The lowest BCUT2D eigenvalue weighted by Crippen LogP contribution is -2.20. The molecule has 0 spiro atoms. The molecule has 0 fully saturated rings. The third kappa shape index (κ3) is 3.85. The summed E-state index contributed by atoms with van der Waals surface area (Å²) in [7, 11) is 0. The number of rotatable bonds is 4. The second-order valence-corrected chi connectivity index (χ2v) is 3.42. The van der Waals surface area contributed by atoms with Gasteiger partial charge in [-0.2, -0.15) is 0 Å². The number of nitrogens with one attached hydrogen (secondary N) is 1. The topological polar surface area (TPSA) is 63.8 Å². The van der Waals surface area contributed by atoms with Crippen molar-refractivity contribution in [2.24, 2.45) is 5.92 Å². The molecule has 1 rings (SSSR count). The maximum Gasteiger partial charge on any atom is 0.144 e. The standard InChI is InChI=1S/C9H16N4/c1-7(2)5-11-6-9-12-4-3-8(10)13-9/h3-4,7,11H,5-6H2,1-2H3,(H2,10,12,13). The van der Waals surface area contributed by atoms with Gasteiger partial charge >= 0.3 is 0 Å². The Labute approximate surface area is 78.6 Å². The zero-order valence-electron chi connectivity index (χ0n) is 8.12. The second kappa shape index (κ2) is 4.77. The van der Waals surface area contributed by atoms with Crippen molar-refractivity contribution in [2.75, 3.05) is 12.3 Å². The molecule has 13 heavy (non-hydrogen) atoms. The Bertz CT molecular complexity index is 260. The minimum atomic E-state index is 0.524. The highest BCUT2D eigenvalue weighted by atomic mass is 15.0. The quantitative estimate of drug-likeness (QED) is 0.719. The van der Waals surface area contributed by atoms with Gasteiger partial charge in [-0.1, -0.05) is 13.8 Å². The maximum atomic E-state index is 5.51. The van der Waals surface area contributed by atoms with Crippen LogP contribution in [0.5, 0.6) is 0 Å². The summed E-state index contributed by atoms with van der Waals surface area (Å²) in [4.78, 5) is 8.16. The van der Waals surface area contributed by atoms with Gasteiger partial charge in [0, 0.05) is 6.20 Å². The molecular weight excluding hydrogens is 164 g/mol. The van der Waals surface area contributed by atoms with E-state index in [1.54, 1.807) is 12.3 Å². The van der Waals surface area contributed by atoms with Crippen LogP contribution in [0.2, 0.25) is 0 Å². The molecule has 0 saturated carbocycles. The summed E-state index contributed by atoms with van der Waals surface area (Å²) in [5.41, 5.74) is 5.51. The van der Waals surface area contributed by atoms with Crippen molar-refractivity contribution < 1.29 is 0 Å². The summed E-state index contributed by atoms with van der Waals surface area (Å²) >= 11 is 0. The van der Waals surface area contributed by atoms with Crippen LogP contribution >= 0.6 is 0 Å². The van der Waals surface area contributed by atoms with E-state index < -0.39 is 0 Å². The minimum absolute atomic E-state index is 0.524. The number of nitrogens with two attached hydrogens (primary N) is 1. The van der Waals surface area contributed by atoms with Gasteiger partial charge in [0.05, 0.1) is 6.54 Å². The van der Waals surface area contributed by atoms with E-state index in [-0.39, 0.29) is 0 Å². The summed E-state index contributed by atoms with van der Waals surface area (Å²) < 4.78 is 0. The zero-order valence-corrected chi connectivity index (χ0v) is 8.12. The van der Waals surface area contributed by atoms with Crippen molar-refractivity contribution >= 4 is 5.82 Å². The van der Waals surface area contributed by atoms with E-state index in [1.165, 1.54) is 0 Å². The molecule has 0 saturated heterocycles. The SMILES string of the molecule is CC(C)CNCc1nccc(N)n1. The maximum absolute atomic E-state index is 5.51. The van der Waals surface area contributed by atoms with E-state index in [1.807, 2.05) is 0 Å². The van der Waals surface area contributed by atoms with Crippen LogP contribution in [0, 0.1) is 5.92 Å². The Balaban J connectivity index is 2.37. The fourth-order valence-electron chi connectivity index (χ4n) is 0.973. The molecule has 1 aromatic heterocycles. The molecule has 0 amide bonds. The predicted octanol–water partition coefficient (Wildman–Crippen LogP) is 0.804. The van der Waals surface area contributed by atoms with Crippen LogP contribution in [0.25, 0.3) is 0 Å². The molecule has 0 unspecified atom stereocenters. The fraction of sp³-hybridized carbons (Fsp3) is 0.556. The normalized spacial score (nSPS) is 10.7. The van der Waals surface area contributed by atoms with Gasteiger partial charge in [0.25, 0.3) is 0 Å². The summed E-state index contributed by atoms with van der Waals surface area (Å²) in [6, 6.07) is 1.69. The van der Waals surface area contributed by atoms with Gasteiger partial charge in [0.1, 0.15) is 11.6 Å². The molecular formula is C9H16N4. The zero-order chi connectivity index (χ0) is 9.68. The third-order valence-corrected chi connectivity index (χ3v) is 1.56. The molecule has 72 valence electrons. The Hall–Kier alpha value is -1.16. The highest BCUT2D eigenvalue weighted by Crippen LogP contribution is 1.96. The molecule has 4 nitrogen and oxygen atoms in total. The van der Waals surface area contributed by atoms with Gasteiger partial charge in [-0.3, -0.25) is 0 Å². The van der Waals surface area contributed by atoms with Crippen LogP contribution in [0.3, 0.4) is 0 Å². The first-order valence-corrected chi connectivity index (χ1v) is 4.46. The smallest absolute Gasteiger partial charge is 0.144 e. The molecule has 0 aliphatic carbocycles. The Kier molecular flexibility index (Phi) is 3.64. The highest BCUT2D eigenvalue weighted by Gasteiger charge is 1.97. The lowest BCUT2D eigenvalue weighted by molar-refractivity contribution is 0.543. The molecule has 0 atom stereocenters. The van der Waals surface area contributed by atoms with Gasteiger partial charge in [-0.15, -0.1) is 0 Å². The van der Waals surface area contributed by atoms with Crippen molar-refractivity contribution in [3.63, 3.8) is 0 Å². The average molecular weight is 180 g/mol.